The lowest BCUT2D eigenvalue weighted by atomic mass is 10.5. The Morgan fingerprint density at radius 3 is 1.70 bits per heavy atom. The zero-order valence-electron chi connectivity index (χ0n) is 17.9. The lowest BCUT2D eigenvalue weighted by Gasteiger charge is -2.28. The number of halogens is 2. The van der Waals surface area contributed by atoms with Crippen LogP contribution in [-0.2, 0) is 17.1 Å². The van der Waals surface area contributed by atoms with Gasteiger partial charge in [-0.2, -0.15) is 0 Å². The van der Waals surface area contributed by atoms with E-state index in [0.29, 0.717) is 6.61 Å². The second kappa shape index (κ2) is 13.5. The van der Waals surface area contributed by atoms with Gasteiger partial charge in [-0.3, -0.25) is 0 Å². The van der Waals surface area contributed by atoms with E-state index in [4.69, 9.17) is 49.5 Å². The molecular formula is C15H42Cl2O6Si4. The molecule has 0 aromatic carbocycles. The molecule has 0 radical (unpaired) electrons. The summed E-state index contributed by atoms with van der Waals surface area (Å²) in [7, 11) is -7.57. The Morgan fingerprint density at radius 1 is 1.07 bits per heavy atom. The van der Waals surface area contributed by atoms with Crippen molar-refractivity contribution in [3.05, 3.63) is 0 Å². The van der Waals surface area contributed by atoms with Gasteiger partial charge in [0.25, 0.3) is 15.3 Å². The molecule has 1 heterocycles. The summed E-state index contributed by atoms with van der Waals surface area (Å²) in [6.45, 7) is 20.1. The highest BCUT2D eigenvalue weighted by Gasteiger charge is 2.40. The van der Waals surface area contributed by atoms with Crippen LogP contribution in [0.25, 0.3) is 0 Å². The molecule has 1 aliphatic rings. The molecule has 12 heteroatoms. The summed E-state index contributed by atoms with van der Waals surface area (Å²) in [6.07, 6.45) is -0.379. The maximum atomic E-state index is 8.11. The summed E-state index contributed by atoms with van der Waals surface area (Å²) >= 11 is 11.8. The topological polar surface area (TPSA) is 77.4 Å². The van der Waals surface area contributed by atoms with E-state index in [1.807, 2.05) is 33.1 Å². The van der Waals surface area contributed by atoms with Crippen molar-refractivity contribution in [2.45, 2.75) is 85.9 Å². The van der Waals surface area contributed by atoms with Crippen LogP contribution < -0.4 is 0 Å². The van der Waals surface area contributed by atoms with E-state index in [1.165, 1.54) is 6.92 Å². The molecule has 168 valence electrons. The number of aliphatic hydroxyl groups excluding tert-OH is 2. The quantitative estimate of drug-likeness (QED) is 0.430. The van der Waals surface area contributed by atoms with Gasteiger partial charge in [0.15, 0.2) is 0 Å². The summed E-state index contributed by atoms with van der Waals surface area (Å²) in [6, 6.07) is 0. The molecular weight excluding hydrogens is 459 g/mol. The lowest BCUT2D eigenvalue weighted by Crippen LogP contribution is -2.45. The first-order valence-electron chi connectivity index (χ1n) is 8.67. The van der Waals surface area contributed by atoms with Crippen LogP contribution in [0.3, 0.4) is 0 Å². The van der Waals surface area contributed by atoms with Crippen molar-refractivity contribution in [3.8, 4) is 0 Å². The molecule has 0 bridgehead atoms. The van der Waals surface area contributed by atoms with Crippen LogP contribution in [0, 0.1) is 0 Å². The van der Waals surface area contributed by atoms with E-state index >= 15 is 0 Å². The van der Waals surface area contributed by atoms with Gasteiger partial charge in [0.2, 0.25) is 0 Å². The molecule has 0 saturated carbocycles. The van der Waals surface area contributed by atoms with Crippen molar-refractivity contribution in [2.24, 2.45) is 0 Å². The smallest absolute Gasteiger partial charge is 0.323 e. The molecule has 0 aromatic heterocycles. The fourth-order valence-corrected chi connectivity index (χ4v) is 17.3. The lowest BCUT2D eigenvalue weighted by molar-refractivity contribution is 0.110. The Morgan fingerprint density at radius 2 is 1.44 bits per heavy atom. The van der Waals surface area contributed by atoms with Gasteiger partial charge in [0.1, 0.15) is 0 Å². The Bertz CT molecular complexity index is 375. The van der Waals surface area contributed by atoms with E-state index in [0.717, 1.165) is 0 Å². The Hall–Kier alpha value is 1.21. The first kappa shape index (κ1) is 32.9. The van der Waals surface area contributed by atoms with Crippen LogP contribution >= 0.6 is 22.2 Å². The van der Waals surface area contributed by atoms with E-state index in [1.54, 1.807) is 0 Å². The van der Waals surface area contributed by atoms with Gasteiger partial charge in [-0.25, -0.2) is 0 Å². The highest BCUT2D eigenvalue weighted by atomic mass is 35.6. The van der Waals surface area contributed by atoms with Crippen molar-refractivity contribution >= 4 is 54.5 Å². The molecule has 27 heavy (non-hydrogen) atoms. The minimum Gasteiger partial charge on any atom is -0.433 e. The van der Waals surface area contributed by atoms with Crippen molar-refractivity contribution in [1.29, 1.82) is 0 Å². The van der Waals surface area contributed by atoms with E-state index < -0.39 is 38.5 Å². The second-order valence-electron chi connectivity index (χ2n) is 8.00. The highest BCUT2D eigenvalue weighted by Crippen LogP contribution is 2.22. The third-order valence-corrected chi connectivity index (χ3v) is 13.4. The standard InChI is InChI=1S/C7H18O3Si2.C4H12Cl2OSi2.C3H8O2.CH4/c1-7-6-8-11(2,3)10-12(4,5)9-7;1-8(2,5)7-9(3,4)6;1-3(5)2-4;/h7H,6H2,1-5H3;1-4H3;3-5H,2H2,1H3;1H4. The van der Waals surface area contributed by atoms with Gasteiger partial charge in [-0.15, -0.1) is 22.2 Å². The first-order valence-corrected chi connectivity index (χ1v) is 22.1. The molecule has 2 unspecified atom stereocenters. The average Bonchev–Trinajstić information content (AvgIpc) is 2.40. The molecule has 1 fully saturated rings. The summed E-state index contributed by atoms with van der Waals surface area (Å²) in [5.74, 6) is 0. The van der Waals surface area contributed by atoms with E-state index in [-0.39, 0.29) is 20.1 Å². The monoisotopic (exact) mass is 500 g/mol. The molecule has 2 atom stereocenters. The highest BCUT2D eigenvalue weighted by molar-refractivity contribution is 7.24. The van der Waals surface area contributed by atoms with Crippen molar-refractivity contribution in [2.75, 3.05) is 13.2 Å². The zero-order valence-corrected chi connectivity index (χ0v) is 23.4. The normalized spacial score (nSPS) is 22.7. The number of hydrogen-bond acceptors (Lipinski definition) is 6. The van der Waals surface area contributed by atoms with Crippen LogP contribution in [0.5, 0.6) is 0 Å². The number of hydrogen-bond donors (Lipinski definition) is 2. The fourth-order valence-electron chi connectivity index (χ4n) is 2.06. The first-order chi connectivity index (χ1) is 11.3. The van der Waals surface area contributed by atoms with Crippen molar-refractivity contribution in [1.82, 2.24) is 0 Å². The second-order valence-corrected chi connectivity index (χ2v) is 26.7. The van der Waals surface area contributed by atoms with Gasteiger partial charge in [-0.05, 0) is 66.2 Å². The van der Waals surface area contributed by atoms with Gasteiger partial charge >= 0.3 is 17.1 Å². The van der Waals surface area contributed by atoms with Crippen molar-refractivity contribution < 1.29 is 27.3 Å². The Labute approximate surface area is 180 Å². The molecule has 0 aromatic rings. The molecule has 0 aliphatic carbocycles. The summed E-state index contributed by atoms with van der Waals surface area (Å²) in [5.41, 5.74) is 0. The van der Waals surface area contributed by atoms with Crippen LogP contribution in [0.15, 0.2) is 0 Å². The predicted octanol–water partition coefficient (Wildman–Crippen LogP) is 4.72. The van der Waals surface area contributed by atoms with E-state index in [9.17, 15) is 0 Å². The van der Waals surface area contributed by atoms with Gasteiger partial charge in [0, 0.05) is 0 Å². The minimum atomic E-state index is -1.90. The maximum absolute atomic E-state index is 8.11. The van der Waals surface area contributed by atoms with Gasteiger partial charge in [0.05, 0.1) is 25.4 Å². The molecule has 6 nitrogen and oxygen atoms in total. The van der Waals surface area contributed by atoms with Crippen LogP contribution in [0.4, 0.5) is 0 Å². The SMILES string of the molecule is C.CC(O)CO.CC1CO[Si](C)(C)O[Si](C)(C)O1.C[Si](C)(Cl)O[Si](C)(C)Cl. The van der Waals surface area contributed by atoms with Crippen molar-refractivity contribution in [3.63, 3.8) is 0 Å². The predicted molar refractivity (Wildman–Crippen MR) is 126 cm³/mol. The maximum Gasteiger partial charge on any atom is 0.323 e. The van der Waals surface area contributed by atoms with Crippen LogP contribution in [-0.4, -0.2) is 68.0 Å². The molecule has 1 rings (SSSR count). The Kier molecular flexibility index (Phi) is 16.4. The number of rotatable bonds is 3. The third kappa shape index (κ3) is 25.2. The number of aliphatic hydroxyl groups is 2. The van der Waals surface area contributed by atoms with Crippen LogP contribution in [0.2, 0.25) is 52.4 Å². The molecule has 2 N–H and O–H groups in total. The third-order valence-electron chi connectivity index (χ3n) is 2.39. The average molecular weight is 502 g/mol. The minimum absolute atomic E-state index is 0. The largest absolute Gasteiger partial charge is 0.433 e. The van der Waals surface area contributed by atoms with E-state index in [2.05, 4.69) is 26.2 Å². The summed E-state index contributed by atoms with van der Waals surface area (Å²) < 4.78 is 22.7. The Balaban J connectivity index is -0.000000342. The van der Waals surface area contributed by atoms with Gasteiger partial charge in [-0.1, -0.05) is 7.43 Å². The molecule has 1 saturated heterocycles. The zero-order chi connectivity index (χ0) is 21.4. The molecule has 1 aliphatic heterocycles. The fraction of sp³-hybridized carbons (Fsp3) is 1.00. The van der Waals surface area contributed by atoms with Crippen LogP contribution in [0.1, 0.15) is 21.3 Å². The summed E-state index contributed by atoms with van der Waals surface area (Å²) in [5, 5.41) is 16.0. The van der Waals surface area contributed by atoms with Gasteiger partial charge < -0.3 is 27.3 Å². The molecule has 0 spiro atoms. The molecule has 0 amide bonds. The summed E-state index contributed by atoms with van der Waals surface area (Å²) in [4.78, 5) is 0.